The number of aryl methyl sites for hydroxylation is 1. The summed E-state index contributed by atoms with van der Waals surface area (Å²) >= 11 is 0. The van der Waals surface area contributed by atoms with Gasteiger partial charge in [0.1, 0.15) is 0 Å². The van der Waals surface area contributed by atoms with Gasteiger partial charge in [0.15, 0.2) is 5.75 Å². The number of hydrogen-bond donors (Lipinski definition) is 1. The van der Waals surface area contributed by atoms with Gasteiger partial charge in [0.25, 0.3) is 0 Å². The molecule has 0 radical (unpaired) electrons. The summed E-state index contributed by atoms with van der Waals surface area (Å²) in [7, 11) is 3.73. The number of rotatable bonds is 5. The van der Waals surface area contributed by atoms with Crippen LogP contribution in [0.15, 0.2) is 6.20 Å². The molecule has 96 valence electrons. The fourth-order valence-corrected chi connectivity index (χ4v) is 2.81. The third-order valence-corrected chi connectivity index (χ3v) is 3.67. The van der Waals surface area contributed by atoms with Gasteiger partial charge in [-0.15, -0.1) is 0 Å². The van der Waals surface area contributed by atoms with Crippen LogP contribution in [0, 0.1) is 0 Å². The van der Waals surface area contributed by atoms with E-state index in [1.807, 2.05) is 17.9 Å². The van der Waals surface area contributed by atoms with Gasteiger partial charge in [-0.2, -0.15) is 5.10 Å². The van der Waals surface area contributed by atoms with E-state index in [0.29, 0.717) is 12.0 Å². The minimum absolute atomic E-state index is 0.590. The second kappa shape index (κ2) is 5.54. The zero-order chi connectivity index (χ0) is 12.3. The Morgan fingerprint density at radius 1 is 1.53 bits per heavy atom. The van der Waals surface area contributed by atoms with Crippen molar-refractivity contribution in [3.63, 3.8) is 0 Å². The van der Waals surface area contributed by atoms with Crippen LogP contribution in [0.2, 0.25) is 0 Å². The maximum Gasteiger partial charge on any atom is 0.160 e. The molecule has 2 unspecified atom stereocenters. The van der Waals surface area contributed by atoms with Crippen LogP contribution in [0.5, 0.6) is 5.75 Å². The standard InChI is InChI=1S/C13H23N3O/c1-4-7-14-11-6-5-10(8-11)13-12(17-3)9-15-16(13)2/h9-11,14H,4-8H2,1-3H3. The van der Waals surface area contributed by atoms with Gasteiger partial charge in [-0.3, -0.25) is 4.68 Å². The monoisotopic (exact) mass is 237 g/mol. The largest absolute Gasteiger partial charge is 0.493 e. The summed E-state index contributed by atoms with van der Waals surface area (Å²) in [6.07, 6.45) is 6.73. The molecule has 0 aliphatic heterocycles. The number of methoxy groups -OCH3 is 1. The summed E-state index contributed by atoms with van der Waals surface area (Å²) in [4.78, 5) is 0. The number of hydrogen-bond acceptors (Lipinski definition) is 3. The Bertz CT molecular complexity index is 362. The molecule has 2 atom stereocenters. The highest BCUT2D eigenvalue weighted by atomic mass is 16.5. The summed E-state index contributed by atoms with van der Waals surface area (Å²) < 4.78 is 7.36. The number of nitrogens with zero attached hydrogens (tertiary/aromatic N) is 2. The molecule has 1 fully saturated rings. The fraction of sp³-hybridized carbons (Fsp3) is 0.769. The van der Waals surface area contributed by atoms with Crippen molar-refractivity contribution in [2.24, 2.45) is 7.05 Å². The highest BCUT2D eigenvalue weighted by Crippen LogP contribution is 2.38. The first-order valence-corrected chi connectivity index (χ1v) is 6.55. The zero-order valence-electron chi connectivity index (χ0n) is 11.1. The molecule has 0 amide bonds. The van der Waals surface area contributed by atoms with E-state index in [9.17, 15) is 0 Å². The van der Waals surface area contributed by atoms with Crippen LogP contribution in [0.3, 0.4) is 0 Å². The van der Waals surface area contributed by atoms with Crippen molar-refractivity contribution in [2.75, 3.05) is 13.7 Å². The molecule has 1 aromatic rings. The van der Waals surface area contributed by atoms with Crippen LogP contribution in [-0.4, -0.2) is 29.5 Å². The molecule has 17 heavy (non-hydrogen) atoms. The van der Waals surface area contributed by atoms with Crippen molar-refractivity contribution >= 4 is 0 Å². The summed E-state index contributed by atoms with van der Waals surface area (Å²) in [5, 5.41) is 7.90. The molecule has 1 aliphatic rings. The van der Waals surface area contributed by atoms with Gasteiger partial charge in [0.05, 0.1) is 19.0 Å². The Labute approximate surface area is 103 Å². The van der Waals surface area contributed by atoms with Crippen molar-refractivity contribution in [3.05, 3.63) is 11.9 Å². The summed E-state index contributed by atoms with van der Waals surface area (Å²) in [6.45, 7) is 3.34. The molecule has 1 saturated carbocycles. The Morgan fingerprint density at radius 3 is 3.06 bits per heavy atom. The molecule has 0 bridgehead atoms. The number of nitrogens with one attached hydrogen (secondary N) is 1. The van der Waals surface area contributed by atoms with E-state index in [0.717, 1.165) is 12.3 Å². The average Bonchev–Trinajstić information content (AvgIpc) is 2.92. The van der Waals surface area contributed by atoms with Gasteiger partial charge in [-0.1, -0.05) is 6.92 Å². The van der Waals surface area contributed by atoms with Crippen molar-refractivity contribution < 1.29 is 4.74 Å². The molecule has 1 aliphatic carbocycles. The Hall–Kier alpha value is -1.03. The van der Waals surface area contributed by atoms with E-state index in [-0.39, 0.29) is 0 Å². The molecule has 4 nitrogen and oxygen atoms in total. The Balaban J connectivity index is 2.02. The average molecular weight is 237 g/mol. The highest BCUT2D eigenvalue weighted by molar-refractivity contribution is 5.29. The molecular formula is C13H23N3O. The van der Waals surface area contributed by atoms with Gasteiger partial charge >= 0.3 is 0 Å². The molecule has 2 rings (SSSR count). The predicted octanol–water partition coefficient (Wildman–Crippen LogP) is 2.06. The summed E-state index contributed by atoms with van der Waals surface area (Å²) in [5.74, 6) is 1.53. The minimum atomic E-state index is 0.590. The zero-order valence-corrected chi connectivity index (χ0v) is 11.1. The first-order valence-electron chi connectivity index (χ1n) is 6.55. The normalized spacial score (nSPS) is 24.2. The van der Waals surface area contributed by atoms with Gasteiger partial charge in [-0.25, -0.2) is 0 Å². The maximum atomic E-state index is 5.39. The lowest BCUT2D eigenvalue weighted by Gasteiger charge is -2.14. The van der Waals surface area contributed by atoms with Crippen LogP contribution in [0.25, 0.3) is 0 Å². The third-order valence-electron chi connectivity index (χ3n) is 3.67. The molecule has 0 aromatic carbocycles. The maximum absolute atomic E-state index is 5.39. The van der Waals surface area contributed by atoms with Crippen molar-refractivity contribution in [1.82, 2.24) is 15.1 Å². The topological polar surface area (TPSA) is 39.1 Å². The lowest BCUT2D eigenvalue weighted by molar-refractivity contribution is 0.401. The second-order valence-corrected chi connectivity index (χ2v) is 4.88. The summed E-state index contributed by atoms with van der Waals surface area (Å²) in [6, 6.07) is 0.666. The smallest absolute Gasteiger partial charge is 0.160 e. The highest BCUT2D eigenvalue weighted by Gasteiger charge is 2.29. The van der Waals surface area contributed by atoms with Gasteiger partial charge in [0.2, 0.25) is 0 Å². The van der Waals surface area contributed by atoms with Crippen LogP contribution in [-0.2, 0) is 7.05 Å². The van der Waals surface area contributed by atoms with Crippen LogP contribution in [0.4, 0.5) is 0 Å². The lowest BCUT2D eigenvalue weighted by Crippen LogP contribution is -2.27. The SMILES string of the molecule is CCCNC1CCC(c2c(OC)cnn2C)C1. The molecular weight excluding hydrogens is 214 g/mol. The van der Waals surface area contributed by atoms with E-state index in [1.54, 1.807) is 7.11 Å². The quantitative estimate of drug-likeness (QED) is 0.852. The van der Waals surface area contributed by atoms with Gasteiger partial charge in [0, 0.05) is 19.0 Å². The fourth-order valence-electron chi connectivity index (χ4n) is 2.81. The third kappa shape index (κ3) is 2.63. The van der Waals surface area contributed by atoms with Gasteiger partial charge in [-0.05, 0) is 32.2 Å². The van der Waals surface area contributed by atoms with E-state index >= 15 is 0 Å². The van der Waals surface area contributed by atoms with E-state index in [2.05, 4.69) is 17.3 Å². The Kier molecular flexibility index (Phi) is 4.05. The first kappa shape index (κ1) is 12.4. The van der Waals surface area contributed by atoms with E-state index in [4.69, 9.17) is 4.74 Å². The molecule has 1 N–H and O–H groups in total. The summed E-state index contributed by atoms with van der Waals surface area (Å²) in [5.41, 5.74) is 1.26. The van der Waals surface area contributed by atoms with E-state index < -0.39 is 0 Å². The van der Waals surface area contributed by atoms with Crippen molar-refractivity contribution in [3.8, 4) is 5.75 Å². The van der Waals surface area contributed by atoms with Crippen molar-refractivity contribution in [2.45, 2.75) is 44.6 Å². The number of aromatic nitrogens is 2. The molecule has 4 heteroatoms. The molecule has 1 heterocycles. The molecule has 0 spiro atoms. The minimum Gasteiger partial charge on any atom is -0.493 e. The van der Waals surface area contributed by atoms with Crippen LogP contribution < -0.4 is 10.1 Å². The van der Waals surface area contributed by atoms with Gasteiger partial charge < -0.3 is 10.1 Å². The second-order valence-electron chi connectivity index (χ2n) is 4.88. The van der Waals surface area contributed by atoms with E-state index in [1.165, 1.54) is 31.4 Å². The van der Waals surface area contributed by atoms with Crippen LogP contribution in [0.1, 0.15) is 44.2 Å². The Morgan fingerprint density at radius 2 is 2.35 bits per heavy atom. The predicted molar refractivity (Wildman–Crippen MR) is 68.4 cm³/mol. The molecule has 0 saturated heterocycles. The van der Waals surface area contributed by atoms with Crippen LogP contribution >= 0.6 is 0 Å². The number of ether oxygens (including phenoxy) is 1. The molecule has 1 aromatic heterocycles. The first-order chi connectivity index (χ1) is 8.26. The lowest BCUT2D eigenvalue weighted by atomic mass is 10.0. The van der Waals surface area contributed by atoms with Crippen molar-refractivity contribution in [1.29, 1.82) is 0 Å².